The topological polar surface area (TPSA) is 86.6 Å². The van der Waals surface area contributed by atoms with Crippen molar-refractivity contribution in [3.05, 3.63) is 0 Å². The molecule has 0 heterocycles. The average molecular weight is 187 g/mol. The van der Waals surface area contributed by atoms with Gasteiger partial charge in [0.15, 0.2) is 0 Å². The fourth-order valence-corrected chi connectivity index (χ4v) is 2.40. The molecule has 0 radical (unpaired) electrons. The van der Waals surface area contributed by atoms with Gasteiger partial charge < -0.3 is 9.79 Å². The van der Waals surface area contributed by atoms with Crippen LogP contribution in [0.3, 0.4) is 0 Å². The first-order valence-corrected chi connectivity index (χ1v) is 5.78. The van der Waals surface area contributed by atoms with Gasteiger partial charge in [-0.05, 0) is 0 Å². The molecule has 0 amide bonds. The van der Waals surface area contributed by atoms with Gasteiger partial charge in [-0.25, -0.2) is 0 Å². The third kappa shape index (κ3) is 3.49. The minimum atomic E-state index is -3.59. The van der Waals surface area contributed by atoms with Gasteiger partial charge in [0.05, 0.1) is 0 Å². The summed E-state index contributed by atoms with van der Waals surface area (Å²) in [5.74, 6) is 0. The van der Waals surface area contributed by atoms with Crippen molar-refractivity contribution in [1.82, 2.24) is 4.86 Å². The summed E-state index contributed by atoms with van der Waals surface area (Å²) in [6.07, 6.45) is 0. The fourth-order valence-electron chi connectivity index (χ4n) is 0.266. The van der Waals surface area contributed by atoms with E-state index in [1.54, 1.807) is 4.86 Å². The van der Waals surface area contributed by atoms with Crippen LogP contribution in [0.4, 0.5) is 0 Å². The first-order valence-electron chi connectivity index (χ1n) is 2.70. The number of rotatable bonds is 3. The van der Waals surface area contributed by atoms with Gasteiger partial charge in [-0.15, -0.1) is 0 Å². The highest BCUT2D eigenvalue weighted by Crippen LogP contribution is 2.45. The van der Waals surface area contributed by atoms with Gasteiger partial charge in [0.25, 0.3) is 15.7 Å². The number of hydrogen-bond acceptors (Lipinski definition) is 2. The molecule has 0 aromatic carbocycles. The maximum atomic E-state index is 10.8. The van der Waals surface area contributed by atoms with Crippen molar-refractivity contribution >= 4 is 15.7 Å². The van der Waals surface area contributed by atoms with E-state index in [0.29, 0.717) is 0 Å². The standard InChI is InChI=1S/C3H11NO4P2/c1-3(2)10(7,8)4-9(5)6/h3,9H,1-2H3,(H3,4,5,6,7,8). The van der Waals surface area contributed by atoms with Crippen molar-refractivity contribution < 1.29 is 18.9 Å². The summed E-state index contributed by atoms with van der Waals surface area (Å²) in [5, 5.41) is 0. The van der Waals surface area contributed by atoms with Crippen LogP contribution in [0.1, 0.15) is 13.8 Å². The van der Waals surface area contributed by atoms with Crippen molar-refractivity contribution in [2.75, 3.05) is 0 Å². The van der Waals surface area contributed by atoms with E-state index in [0.717, 1.165) is 0 Å². The van der Waals surface area contributed by atoms with Crippen LogP contribution in [0.15, 0.2) is 0 Å². The lowest BCUT2D eigenvalue weighted by Gasteiger charge is -2.13. The zero-order chi connectivity index (χ0) is 8.36. The Balaban J connectivity index is 4.14. The van der Waals surface area contributed by atoms with Crippen LogP contribution in [-0.2, 0) is 9.13 Å². The molecule has 0 aromatic heterocycles. The van der Waals surface area contributed by atoms with E-state index in [-0.39, 0.29) is 0 Å². The van der Waals surface area contributed by atoms with Crippen LogP contribution in [-0.4, -0.2) is 15.4 Å². The second-order valence-electron chi connectivity index (χ2n) is 2.13. The van der Waals surface area contributed by atoms with Crippen LogP contribution >= 0.6 is 15.7 Å². The molecule has 2 atom stereocenters. The molecule has 0 saturated carbocycles. The molecule has 7 heteroatoms. The molecule has 0 rings (SSSR count). The molecule has 0 aliphatic rings. The predicted octanol–water partition coefficient (Wildman–Crippen LogP) is 0.552. The Kier molecular flexibility index (Phi) is 3.77. The monoisotopic (exact) mass is 187 g/mol. The zero-order valence-electron chi connectivity index (χ0n) is 5.74. The van der Waals surface area contributed by atoms with E-state index in [1.165, 1.54) is 13.8 Å². The molecule has 0 saturated heterocycles. The predicted molar refractivity (Wildman–Crippen MR) is 39.3 cm³/mol. The molecular weight excluding hydrogens is 176 g/mol. The van der Waals surface area contributed by atoms with Crippen molar-refractivity contribution in [1.29, 1.82) is 0 Å². The highest BCUT2D eigenvalue weighted by Gasteiger charge is 2.23. The first kappa shape index (κ1) is 10.3. The van der Waals surface area contributed by atoms with E-state index in [9.17, 15) is 9.13 Å². The van der Waals surface area contributed by atoms with E-state index in [1.807, 2.05) is 0 Å². The summed E-state index contributed by atoms with van der Waals surface area (Å²) in [4.78, 5) is 18.8. The summed E-state index contributed by atoms with van der Waals surface area (Å²) in [6.45, 7) is 3.00. The summed E-state index contributed by atoms with van der Waals surface area (Å²) < 4.78 is 20.9. The lowest BCUT2D eigenvalue weighted by molar-refractivity contribution is 0.454. The molecule has 0 fully saturated rings. The maximum Gasteiger partial charge on any atom is 0.276 e. The largest absolute Gasteiger partial charge is 0.335 e. The van der Waals surface area contributed by atoms with E-state index in [4.69, 9.17) is 9.79 Å². The number of nitrogens with one attached hydrogen (secondary N) is 1. The van der Waals surface area contributed by atoms with Crippen molar-refractivity contribution in [3.8, 4) is 0 Å². The molecule has 3 N–H and O–H groups in total. The van der Waals surface area contributed by atoms with Gasteiger partial charge >= 0.3 is 0 Å². The normalized spacial score (nSPS) is 20.5. The average Bonchev–Trinajstić information content (AvgIpc) is 1.60. The lowest BCUT2D eigenvalue weighted by Crippen LogP contribution is -2.08. The Morgan fingerprint density at radius 2 is 2.00 bits per heavy atom. The molecule has 0 bridgehead atoms. The van der Waals surface area contributed by atoms with Crippen LogP contribution < -0.4 is 4.86 Å². The quantitative estimate of drug-likeness (QED) is 0.561. The third-order valence-electron chi connectivity index (χ3n) is 0.956. The highest BCUT2D eigenvalue weighted by molar-refractivity contribution is 7.65. The zero-order valence-corrected chi connectivity index (χ0v) is 7.63. The van der Waals surface area contributed by atoms with Crippen molar-refractivity contribution in [2.24, 2.45) is 0 Å². The Labute approximate surface area is 59.9 Å². The molecule has 5 nitrogen and oxygen atoms in total. The second kappa shape index (κ2) is 3.65. The second-order valence-corrected chi connectivity index (χ2v) is 5.92. The van der Waals surface area contributed by atoms with Crippen molar-refractivity contribution in [2.45, 2.75) is 19.5 Å². The summed E-state index contributed by atoms with van der Waals surface area (Å²) >= 11 is 0. The molecular formula is C3H11NO4P2. The maximum absolute atomic E-state index is 10.8. The number of hydrogen-bond donors (Lipinski definition) is 3. The van der Waals surface area contributed by atoms with Crippen LogP contribution in [0.2, 0.25) is 0 Å². The third-order valence-corrected chi connectivity index (χ3v) is 4.40. The Bertz CT molecular complexity index is 179. The van der Waals surface area contributed by atoms with Crippen molar-refractivity contribution in [3.63, 3.8) is 0 Å². The summed E-state index contributed by atoms with van der Waals surface area (Å²) in [7, 11) is -6.64. The van der Waals surface area contributed by atoms with Crippen LogP contribution in [0, 0.1) is 0 Å². The molecule has 10 heavy (non-hydrogen) atoms. The molecule has 2 unspecified atom stereocenters. The Morgan fingerprint density at radius 1 is 1.60 bits per heavy atom. The smallest absolute Gasteiger partial charge is 0.276 e. The minimum absolute atomic E-state index is 0.534. The SMILES string of the molecule is CC(C)P(=O)(O)N[PH](=O)O. The highest BCUT2D eigenvalue weighted by atomic mass is 31.2. The molecule has 62 valence electrons. The molecule has 0 aliphatic carbocycles. The molecule has 0 aliphatic heterocycles. The van der Waals surface area contributed by atoms with Gasteiger partial charge in [-0.1, -0.05) is 13.8 Å². The van der Waals surface area contributed by atoms with Crippen LogP contribution in [0.25, 0.3) is 0 Å². The molecule has 0 aromatic rings. The summed E-state index contributed by atoms with van der Waals surface area (Å²) in [5.41, 5.74) is -0.534. The van der Waals surface area contributed by atoms with E-state index < -0.39 is 21.4 Å². The lowest BCUT2D eigenvalue weighted by atomic mass is 10.6. The summed E-state index contributed by atoms with van der Waals surface area (Å²) in [6, 6.07) is 0. The van der Waals surface area contributed by atoms with E-state index >= 15 is 0 Å². The Morgan fingerprint density at radius 3 is 2.10 bits per heavy atom. The van der Waals surface area contributed by atoms with Gasteiger partial charge in [-0.3, -0.25) is 9.13 Å². The fraction of sp³-hybridized carbons (Fsp3) is 1.00. The van der Waals surface area contributed by atoms with Gasteiger partial charge in [0.2, 0.25) is 0 Å². The van der Waals surface area contributed by atoms with E-state index in [2.05, 4.69) is 0 Å². The van der Waals surface area contributed by atoms with Gasteiger partial charge in [0, 0.05) is 5.66 Å². The van der Waals surface area contributed by atoms with Gasteiger partial charge in [0.1, 0.15) is 0 Å². The van der Waals surface area contributed by atoms with Crippen LogP contribution in [0.5, 0.6) is 0 Å². The minimum Gasteiger partial charge on any atom is -0.335 e. The van der Waals surface area contributed by atoms with Gasteiger partial charge in [-0.2, -0.15) is 4.86 Å². The molecule has 0 spiro atoms. The Hall–Kier alpha value is 0.340. The first-order chi connectivity index (χ1) is 4.36.